The number of methoxy groups -OCH3 is 1. The number of rotatable bonds is 5. The fourth-order valence-electron chi connectivity index (χ4n) is 2.64. The van der Waals surface area contributed by atoms with Crippen LogP contribution in [0.3, 0.4) is 0 Å². The maximum atomic E-state index is 12.4. The van der Waals surface area contributed by atoms with E-state index in [4.69, 9.17) is 9.47 Å². The van der Waals surface area contributed by atoms with E-state index in [1.807, 2.05) is 50.2 Å². The molecule has 0 aliphatic carbocycles. The summed E-state index contributed by atoms with van der Waals surface area (Å²) < 4.78 is 11.0. The van der Waals surface area contributed by atoms with Crippen LogP contribution in [0.15, 0.2) is 60.8 Å². The van der Waals surface area contributed by atoms with E-state index in [9.17, 15) is 4.79 Å². The molecule has 1 heterocycles. The third kappa shape index (κ3) is 4.19. The summed E-state index contributed by atoms with van der Waals surface area (Å²) in [7, 11) is 1.58. The van der Waals surface area contributed by atoms with Crippen molar-refractivity contribution in [2.45, 2.75) is 13.8 Å². The van der Waals surface area contributed by atoms with Crippen molar-refractivity contribution in [2.75, 3.05) is 12.4 Å². The highest BCUT2D eigenvalue weighted by Crippen LogP contribution is 2.30. The highest BCUT2D eigenvalue weighted by atomic mass is 16.5. The molecule has 3 rings (SSSR count). The van der Waals surface area contributed by atoms with Crippen LogP contribution in [0, 0.1) is 13.8 Å². The van der Waals surface area contributed by atoms with E-state index in [1.54, 1.807) is 31.5 Å². The number of anilines is 1. The number of amides is 1. The summed E-state index contributed by atoms with van der Waals surface area (Å²) in [5, 5.41) is 2.84. The van der Waals surface area contributed by atoms with Crippen molar-refractivity contribution in [2.24, 2.45) is 0 Å². The Labute approximate surface area is 152 Å². The van der Waals surface area contributed by atoms with Gasteiger partial charge < -0.3 is 14.8 Å². The molecule has 1 N–H and O–H groups in total. The van der Waals surface area contributed by atoms with Gasteiger partial charge in [0.1, 0.15) is 0 Å². The monoisotopic (exact) mass is 348 g/mol. The average Bonchev–Trinajstić information content (AvgIpc) is 2.63. The number of ether oxygens (including phenoxy) is 2. The van der Waals surface area contributed by atoms with Crippen LogP contribution in [0.25, 0.3) is 0 Å². The lowest BCUT2D eigenvalue weighted by molar-refractivity contribution is 0.102. The Balaban J connectivity index is 1.70. The summed E-state index contributed by atoms with van der Waals surface area (Å²) >= 11 is 0. The number of carbonyl (C=O) groups excluding carboxylic acids is 1. The molecule has 1 aromatic heterocycles. The van der Waals surface area contributed by atoms with Crippen molar-refractivity contribution in [3.63, 3.8) is 0 Å². The summed E-state index contributed by atoms with van der Waals surface area (Å²) in [6.45, 7) is 3.94. The Hall–Kier alpha value is -3.34. The zero-order valence-corrected chi connectivity index (χ0v) is 14.9. The maximum Gasteiger partial charge on any atom is 0.255 e. The van der Waals surface area contributed by atoms with Crippen LogP contribution in [-0.2, 0) is 0 Å². The highest BCUT2D eigenvalue weighted by molar-refractivity contribution is 6.04. The standard InChI is InChI=1S/C21H20N2O3/c1-14-10-15(2)12-16(11-14)21(24)23-17-8-9-20(22-13-17)26-19-7-5-4-6-18(19)25-3/h4-13H,1-3H3,(H,23,24). The Morgan fingerprint density at radius 2 is 1.65 bits per heavy atom. The van der Waals surface area contributed by atoms with E-state index < -0.39 is 0 Å². The molecule has 0 aliphatic heterocycles. The molecule has 3 aromatic rings. The number of para-hydroxylation sites is 2. The minimum absolute atomic E-state index is 0.169. The number of carbonyl (C=O) groups is 1. The first-order valence-electron chi connectivity index (χ1n) is 8.22. The average molecular weight is 348 g/mol. The summed E-state index contributed by atoms with van der Waals surface area (Å²) in [6, 6.07) is 16.5. The van der Waals surface area contributed by atoms with Crippen LogP contribution >= 0.6 is 0 Å². The summed E-state index contributed by atoms with van der Waals surface area (Å²) in [6.07, 6.45) is 1.56. The molecule has 0 radical (unpaired) electrons. The van der Waals surface area contributed by atoms with Gasteiger partial charge in [-0.3, -0.25) is 4.79 Å². The first-order valence-corrected chi connectivity index (χ1v) is 8.22. The van der Waals surface area contributed by atoms with Crippen molar-refractivity contribution in [3.8, 4) is 17.4 Å². The zero-order valence-electron chi connectivity index (χ0n) is 14.9. The topological polar surface area (TPSA) is 60.5 Å². The molecule has 0 saturated carbocycles. The minimum Gasteiger partial charge on any atom is -0.493 e. The third-order valence-electron chi connectivity index (χ3n) is 3.76. The van der Waals surface area contributed by atoms with Gasteiger partial charge in [-0.1, -0.05) is 29.3 Å². The summed E-state index contributed by atoms with van der Waals surface area (Å²) in [5.74, 6) is 1.45. The van der Waals surface area contributed by atoms with Crippen LogP contribution in [0.4, 0.5) is 5.69 Å². The lowest BCUT2D eigenvalue weighted by atomic mass is 10.1. The van der Waals surface area contributed by atoms with Gasteiger partial charge in [-0.25, -0.2) is 4.98 Å². The van der Waals surface area contributed by atoms with Crippen molar-refractivity contribution in [3.05, 3.63) is 77.5 Å². The number of aryl methyl sites for hydroxylation is 2. The third-order valence-corrected chi connectivity index (χ3v) is 3.76. The number of nitrogens with zero attached hydrogens (tertiary/aromatic N) is 1. The Morgan fingerprint density at radius 3 is 2.27 bits per heavy atom. The lowest BCUT2D eigenvalue weighted by Crippen LogP contribution is -2.12. The number of aromatic nitrogens is 1. The first kappa shape index (κ1) is 17.5. The van der Waals surface area contributed by atoms with Gasteiger partial charge >= 0.3 is 0 Å². The van der Waals surface area contributed by atoms with Gasteiger partial charge in [0.15, 0.2) is 11.5 Å². The first-order chi connectivity index (χ1) is 12.5. The van der Waals surface area contributed by atoms with Crippen LogP contribution in [-0.4, -0.2) is 18.0 Å². The predicted molar refractivity (Wildman–Crippen MR) is 101 cm³/mol. The molecule has 0 saturated heterocycles. The van der Waals surface area contributed by atoms with Gasteiger partial charge in [-0.15, -0.1) is 0 Å². The molecular formula is C21H20N2O3. The van der Waals surface area contributed by atoms with E-state index in [2.05, 4.69) is 10.3 Å². The van der Waals surface area contributed by atoms with Gasteiger partial charge in [0, 0.05) is 11.6 Å². The lowest BCUT2D eigenvalue weighted by Gasteiger charge is -2.10. The second-order valence-corrected chi connectivity index (χ2v) is 5.97. The number of hydrogen-bond donors (Lipinski definition) is 1. The number of nitrogens with one attached hydrogen (secondary N) is 1. The smallest absolute Gasteiger partial charge is 0.255 e. The van der Waals surface area contributed by atoms with Gasteiger partial charge in [0.05, 0.1) is 19.0 Å². The van der Waals surface area contributed by atoms with Gasteiger partial charge in [-0.2, -0.15) is 0 Å². The molecule has 5 heteroatoms. The Kier molecular flexibility index (Phi) is 5.17. The molecular weight excluding hydrogens is 328 g/mol. The number of pyridine rings is 1. The molecule has 2 aromatic carbocycles. The normalized spacial score (nSPS) is 10.3. The minimum atomic E-state index is -0.169. The zero-order chi connectivity index (χ0) is 18.5. The predicted octanol–water partition coefficient (Wildman–Crippen LogP) is 4.75. The quantitative estimate of drug-likeness (QED) is 0.723. The molecule has 26 heavy (non-hydrogen) atoms. The molecule has 132 valence electrons. The van der Waals surface area contributed by atoms with E-state index in [1.165, 1.54) is 0 Å². The number of benzene rings is 2. The molecule has 0 fully saturated rings. The fourth-order valence-corrected chi connectivity index (χ4v) is 2.64. The molecule has 1 amide bonds. The van der Waals surface area contributed by atoms with Crippen LogP contribution < -0.4 is 14.8 Å². The van der Waals surface area contributed by atoms with E-state index in [-0.39, 0.29) is 5.91 Å². The van der Waals surface area contributed by atoms with Crippen molar-refractivity contribution in [1.29, 1.82) is 0 Å². The van der Waals surface area contributed by atoms with Gasteiger partial charge in [0.25, 0.3) is 5.91 Å². The van der Waals surface area contributed by atoms with Crippen molar-refractivity contribution < 1.29 is 14.3 Å². The largest absolute Gasteiger partial charge is 0.493 e. The molecule has 5 nitrogen and oxygen atoms in total. The van der Waals surface area contributed by atoms with Crippen molar-refractivity contribution >= 4 is 11.6 Å². The van der Waals surface area contributed by atoms with Crippen LogP contribution in [0.5, 0.6) is 17.4 Å². The van der Waals surface area contributed by atoms with E-state index in [0.717, 1.165) is 11.1 Å². The van der Waals surface area contributed by atoms with Crippen LogP contribution in [0.1, 0.15) is 21.5 Å². The highest BCUT2D eigenvalue weighted by Gasteiger charge is 2.09. The molecule has 0 atom stereocenters. The second kappa shape index (κ2) is 7.70. The molecule has 0 spiro atoms. The van der Waals surface area contributed by atoms with Crippen LogP contribution in [0.2, 0.25) is 0 Å². The molecule has 0 unspecified atom stereocenters. The van der Waals surface area contributed by atoms with Gasteiger partial charge in [0.2, 0.25) is 5.88 Å². The Bertz CT molecular complexity index is 901. The van der Waals surface area contributed by atoms with E-state index in [0.29, 0.717) is 28.6 Å². The SMILES string of the molecule is COc1ccccc1Oc1ccc(NC(=O)c2cc(C)cc(C)c2)cn1. The molecule has 0 aliphatic rings. The second-order valence-electron chi connectivity index (χ2n) is 5.97. The molecule has 0 bridgehead atoms. The van der Waals surface area contributed by atoms with Crippen molar-refractivity contribution in [1.82, 2.24) is 4.98 Å². The Morgan fingerprint density at radius 1 is 0.962 bits per heavy atom. The summed E-state index contributed by atoms with van der Waals surface area (Å²) in [4.78, 5) is 16.6. The number of hydrogen-bond acceptors (Lipinski definition) is 4. The van der Waals surface area contributed by atoms with E-state index >= 15 is 0 Å². The maximum absolute atomic E-state index is 12.4. The van der Waals surface area contributed by atoms with Gasteiger partial charge in [-0.05, 0) is 44.2 Å². The fraction of sp³-hybridized carbons (Fsp3) is 0.143. The summed E-state index contributed by atoms with van der Waals surface area (Å²) in [5.41, 5.74) is 3.32.